The number of benzene rings is 2. The average Bonchev–Trinajstić information content (AvgIpc) is 3.43. The minimum absolute atomic E-state index is 0.508. The van der Waals surface area contributed by atoms with E-state index >= 15 is 0 Å². The third-order valence-electron chi connectivity index (χ3n) is 9.10. The Balaban J connectivity index is 1.98. The normalized spacial score (nSPS) is 12.1. The lowest BCUT2D eigenvalue weighted by atomic mass is 9.93. The fourth-order valence-corrected chi connectivity index (χ4v) is 14.0. The molecule has 7 nitrogen and oxygen atoms in total. The monoisotopic (exact) mass is 597 g/mol. The van der Waals surface area contributed by atoms with Crippen LogP contribution in [0.15, 0.2) is 61.2 Å². The molecule has 0 saturated carbocycles. The maximum absolute atomic E-state index is 5.87. The molecule has 3 aromatic heterocycles. The molecule has 0 bridgehead atoms. The largest absolute Gasteiger partial charge is 0.493 e. The highest BCUT2D eigenvalue weighted by atomic mass is 28.3. The van der Waals surface area contributed by atoms with Crippen LogP contribution in [0.25, 0.3) is 44.1 Å². The van der Waals surface area contributed by atoms with E-state index in [2.05, 4.69) is 82.4 Å². The maximum atomic E-state index is 5.87. The predicted molar refractivity (Wildman–Crippen MR) is 179 cm³/mol. The van der Waals surface area contributed by atoms with E-state index in [0.717, 1.165) is 44.1 Å². The summed E-state index contributed by atoms with van der Waals surface area (Å²) in [6.45, 7) is 14.3. The average molecular weight is 598 g/mol. The predicted octanol–water partition coefficient (Wildman–Crippen LogP) is 8.98. The fourth-order valence-electron chi connectivity index (χ4n) is 7.53. The minimum atomic E-state index is -2.12. The van der Waals surface area contributed by atoms with Crippen LogP contribution < -0.4 is 18.9 Å². The second-order valence-electron chi connectivity index (χ2n) is 12.0. The second kappa shape index (κ2) is 11.9. The van der Waals surface area contributed by atoms with Gasteiger partial charge in [0.25, 0.3) is 0 Å². The van der Waals surface area contributed by atoms with Gasteiger partial charge in [0.2, 0.25) is 0 Å². The number of ether oxygens (including phenoxy) is 4. The van der Waals surface area contributed by atoms with Crippen LogP contribution in [0.2, 0.25) is 16.6 Å². The van der Waals surface area contributed by atoms with Crippen LogP contribution in [0.3, 0.4) is 0 Å². The van der Waals surface area contributed by atoms with Crippen LogP contribution in [0.5, 0.6) is 23.0 Å². The molecule has 8 heteroatoms. The first-order valence-corrected chi connectivity index (χ1v) is 17.1. The standard InChI is InChI=1S/C35H43N3O4Si/c1-21(2)43(22(3)4,23(5)6)38-19-28(26-17-30(39-7)34(41-9)32-24(26)13-11-15-36-32)29(20-38)27-18-31(40-8)35(42-10)33-25(27)14-12-16-37-33/h11-23H,1-10H3. The molecule has 226 valence electrons. The summed E-state index contributed by atoms with van der Waals surface area (Å²) in [5.74, 6) is 2.53. The Hall–Kier alpha value is -4.04. The van der Waals surface area contributed by atoms with E-state index in [1.54, 1.807) is 40.8 Å². The highest BCUT2D eigenvalue weighted by Crippen LogP contribution is 2.50. The molecule has 0 aliphatic carbocycles. The van der Waals surface area contributed by atoms with Crippen LogP contribution in [0, 0.1) is 0 Å². The van der Waals surface area contributed by atoms with Crippen molar-refractivity contribution in [3.05, 3.63) is 61.2 Å². The Bertz CT molecular complexity index is 1640. The Morgan fingerprint density at radius 3 is 1.30 bits per heavy atom. The number of fused-ring (bicyclic) bond motifs is 2. The number of pyridine rings is 2. The summed E-state index contributed by atoms with van der Waals surface area (Å²) in [5.41, 5.74) is 7.29. The van der Waals surface area contributed by atoms with Gasteiger partial charge in [-0.3, -0.25) is 9.97 Å². The number of hydrogen-bond acceptors (Lipinski definition) is 6. The lowest BCUT2D eigenvalue weighted by Gasteiger charge is -2.44. The summed E-state index contributed by atoms with van der Waals surface area (Å²) < 4.78 is 25.9. The molecule has 0 radical (unpaired) electrons. The topological polar surface area (TPSA) is 67.6 Å². The van der Waals surface area contributed by atoms with E-state index in [-0.39, 0.29) is 0 Å². The van der Waals surface area contributed by atoms with E-state index in [4.69, 9.17) is 28.9 Å². The molecular weight excluding hydrogens is 554 g/mol. The molecule has 0 aliphatic heterocycles. The first-order chi connectivity index (χ1) is 20.6. The van der Waals surface area contributed by atoms with Crippen molar-refractivity contribution < 1.29 is 18.9 Å². The van der Waals surface area contributed by atoms with Gasteiger partial charge in [-0.15, -0.1) is 0 Å². The number of aromatic nitrogens is 3. The summed E-state index contributed by atoms with van der Waals surface area (Å²) in [4.78, 5) is 9.48. The van der Waals surface area contributed by atoms with Gasteiger partial charge < -0.3 is 23.2 Å². The zero-order valence-corrected chi connectivity index (χ0v) is 28.0. The minimum Gasteiger partial charge on any atom is -0.493 e. The number of nitrogens with zero attached hydrogens (tertiary/aromatic N) is 3. The van der Waals surface area contributed by atoms with Crippen LogP contribution in [0.4, 0.5) is 0 Å². The van der Waals surface area contributed by atoms with E-state index in [1.807, 2.05) is 12.1 Å². The quantitative estimate of drug-likeness (QED) is 0.150. The van der Waals surface area contributed by atoms with E-state index in [0.29, 0.717) is 39.6 Å². The van der Waals surface area contributed by atoms with Crippen molar-refractivity contribution in [2.45, 2.75) is 58.2 Å². The van der Waals surface area contributed by atoms with Crippen molar-refractivity contribution in [2.24, 2.45) is 0 Å². The highest BCUT2D eigenvalue weighted by molar-refractivity contribution is 6.82. The molecule has 0 fully saturated rings. The summed E-state index contributed by atoms with van der Waals surface area (Å²) in [6.07, 6.45) is 8.33. The van der Waals surface area contributed by atoms with Gasteiger partial charge in [-0.05, 0) is 52.0 Å². The lowest BCUT2D eigenvalue weighted by Crippen LogP contribution is -2.51. The van der Waals surface area contributed by atoms with Crippen molar-refractivity contribution in [1.29, 1.82) is 0 Å². The van der Waals surface area contributed by atoms with Crippen molar-refractivity contribution >= 4 is 30.0 Å². The zero-order valence-electron chi connectivity index (χ0n) is 27.0. The molecule has 0 saturated heterocycles. The Morgan fingerprint density at radius 1 is 0.581 bits per heavy atom. The summed E-state index contributed by atoms with van der Waals surface area (Å²) in [6, 6.07) is 12.3. The molecule has 2 aromatic carbocycles. The van der Waals surface area contributed by atoms with Crippen LogP contribution in [-0.2, 0) is 0 Å². The second-order valence-corrected chi connectivity index (χ2v) is 17.7. The van der Waals surface area contributed by atoms with Crippen molar-refractivity contribution in [1.82, 2.24) is 14.2 Å². The molecule has 0 spiro atoms. The highest BCUT2D eigenvalue weighted by Gasteiger charge is 2.45. The van der Waals surface area contributed by atoms with Crippen molar-refractivity contribution in [3.63, 3.8) is 0 Å². The van der Waals surface area contributed by atoms with E-state index in [1.165, 1.54) is 0 Å². The number of hydrogen-bond donors (Lipinski definition) is 0. The van der Waals surface area contributed by atoms with Gasteiger partial charge in [0.1, 0.15) is 11.0 Å². The smallest absolute Gasteiger partial charge is 0.187 e. The van der Waals surface area contributed by atoms with Crippen molar-refractivity contribution in [2.75, 3.05) is 28.4 Å². The van der Waals surface area contributed by atoms with Gasteiger partial charge in [0, 0.05) is 46.7 Å². The summed E-state index contributed by atoms with van der Waals surface area (Å²) in [7, 11) is 4.53. The fraction of sp³-hybridized carbons (Fsp3) is 0.371. The molecule has 5 aromatic rings. The Kier molecular flexibility index (Phi) is 8.43. The van der Waals surface area contributed by atoms with Crippen LogP contribution in [-0.4, -0.2) is 50.9 Å². The SMILES string of the molecule is COc1cc(-c2cn([Si](C(C)C)(C(C)C)C(C)C)cc2-c2cc(OC)c(OC)c3ncccc23)c2cccnc2c1OC. The molecule has 0 amide bonds. The van der Waals surface area contributed by atoms with Gasteiger partial charge in [-0.2, -0.15) is 0 Å². The summed E-state index contributed by atoms with van der Waals surface area (Å²) in [5, 5.41) is 1.99. The number of methoxy groups -OCH3 is 4. The van der Waals surface area contributed by atoms with E-state index in [9.17, 15) is 0 Å². The molecule has 5 rings (SSSR count). The summed E-state index contributed by atoms with van der Waals surface area (Å²) >= 11 is 0. The molecule has 3 heterocycles. The molecule has 0 atom stereocenters. The van der Waals surface area contributed by atoms with Crippen molar-refractivity contribution in [3.8, 4) is 45.3 Å². The van der Waals surface area contributed by atoms with Gasteiger partial charge in [0.15, 0.2) is 31.2 Å². The third kappa shape index (κ3) is 4.72. The first kappa shape index (κ1) is 30.4. The zero-order chi connectivity index (χ0) is 31.1. The molecule has 0 aliphatic rings. The Labute approximate surface area is 255 Å². The van der Waals surface area contributed by atoms with Gasteiger partial charge >= 0.3 is 0 Å². The third-order valence-corrected chi connectivity index (χ3v) is 15.8. The van der Waals surface area contributed by atoms with Gasteiger partial charge in [-0.1, -0.05) is 53.7 Å². The van der Waals surface area contributed by atoms with Crippen LogP contribution in [0.1, 0.15) is 41.5 Å². The molecular formula is C35H43N3O4Si. The van der Waals surface area contributed by atoms with Gasteiger partial charge in [-0.25, -0.2) is 0 Å². The molecule has 43 heavy (non-hydrogen) atoms. The lowest BCUT2D eigenvalue weighted by molar-refractivity contribution is 0.358. The maximum Gasteiger partial charge on any atom is 0.187 e. The first-order valence-electron chi connectivity index (χ1n) is 14.9. The Morgan fingerprint density at radius 2 is 0.977 bits per heavy atom. The van der Waals surface area contributed by atoms with E-state index < -0.39 is 8.24 Å². The van der Waals surface area contributed by atoms with Gasteiger partial charge in [0.05, 0.1) is 28.4 Å². The number of rotatable bonds is 10. The van der Waals surface area contributed by atoms with Crippen LogP contribution >= 0.6 is 0 Å². The molecule has 0 N–H and O–H groups in total. The molecule has 0 unspecified atom stereocenters.